The summed E-state index contributed by atoms with van der Waals surface area (Å²) in [4.78, 5) is 18.7. The number of benzene rings is 1. The summed E-state index contributed by atoms with van der Waals surface area (Å²) in [6.45, 7) is 4.15. The first kappa shape index (κ1) is 17.3. The minimum atomic E-state index is -0.614. The Balaban J connectivity index is 1.72. The predicted molar refractivity (Wildman–Crippen MR) is 107 cm³/mol. The zero-order valence-corrected chi connectivity index (χ0v) is 16.4. The number of rotatable bonds is 2. The lowest BCUT2D eigenvalue weighted by Crippen LogP contribution is -2.36. The molecule has 0 radical (unpaired) electrons. The first-order valence-corrected chi connectivity index (χ1v) is 10.1. The molecule has 0 fully saturated rings. The summed E-state index contributed by atoms with van der Waals surface area (Å²) in [5, 5.41) is 9.94. The lowest BCUT2D eigenvalue weighted by molar-refractivity contribution is -0.118. The van der Waals surface area contributed by atoms with E-state index in [1.165, 1.54) is 6.07 Å². The van der Waals surface area contributed by atoms with Crippen molar-refractivity contribution in [3.63, 3.8) is 0 Å². The van der Waals surface area contributed by atoms with Gasteiger partial charge in [0.2, 0.25) is 5.95 Å². The molecule has 1 atom stereocenters. The van der Waals surface area contributed by atoms with Gasteiger partial charge in [-0.15, -0.1) is 16.4 Å². The Kier molecular flexibility index (Phi) is 3.77. The minimum Gasteiger partial charge on any atom is -0.328 e. The number of ketones is 1. The van der Waals surface area contributed by atoms with Crippen molar-refractivity contribution in [3.8, 4) is 10.7 Å². The van der Waals surface area contributed by atoms with Crippen molar-refractivity contribution in [2.75, 3.05) is 5.32 Å². The highest BCUT2D eigenvalue weighted by Crippen LogP contribution is 2.46. The summed E-state index contributed by atoms with van der Waals surface area (Å²) >= 11 is 1.54. The predicted octanol–water partition coefficient (Wildman–Crippen LogP) is 4.80. The molecule has 1 aliphatic carbocycles. The SMILES string of the molecule is CC1(C)CC(=O)C2=C(C1)Nc1nc(-c3cccs3)nn1C2c1ccccc1F. The van der Waals surface area contributed by atoms with Gasteiger partial charge in [0.05, 0.1) is 4.88 Å². The van der Waals surface area contributed by atoms with E-state index in [9.17, 15) is 9.18 Å². The smallest absolute Gasteiger partial charge is 0.226 e. The standard InChI is InChI=1S/C21H19FN4OS/c1-21(2)10-14-17(15(27)11-21)18(12-6-3-4-7-13(12)22)26-20(23-14)24-19(25-26)16-8-5-9-28-16/h3-9,18H,10-11H2,1-2H3,(H,23,24,25). The Morgan fingerprint density at radius 2 is 2.04 bits per heavy atom. The molecule has 1 aromatic carbocycles. The molecule has 2 aliphatic rings. The second-order valence-corrected chi connectivity index (χ2v) is 9.01. The molecule has 1 unspecified atom stereocenters. The van der Waals surface area contributed by atoms with Crippen molar-refractivity contribution in [2.24, 2.45) is 5.41 Å². The first-order valence-electron chi connectivity index (χ1n) is 9.21. The van der Waals surface area contributed by atoms with E-state index in [0.29, 0.717) is 35.8 Å². The molecule has 1 aliphatic heterocycles. The third kappa shape index (κ3) is 2.69. The van der Waals surface area contributed by atoms with Crippen LogP contribution < -0.4 is 5.32 Å². The van der Waals surface area contributed by atoms with Crippen LogP contribution >= 0.6 is 11.3 Å². The molecule has 0 saturated heterocycles. The van der Waals surface area contributed by atoms with Gasteiger partial charge in [-0.2, -0.15) is 4.98 Å². The van der Waals surface area contributed by atoms with Gasteiger partial charge in [-0.05, 0) is 29.3 Å². The molecular formula is C21H19FN4OS. The van der Waals surface area contributed by atoms with E-state index < -0.39 is 6.04 Å². The van der Waals surface area contributed by atoms with Gasteiger partial charge in [0.15, 0.2) is 11.6 Å². The average Bonchev–Trinajstić information content (AvgIpc) is 3.28. The molecule has 0 spiro atoms. The van der Waals surface area contributed by atoms with E-state index in [1.807, 2.05) is 17.5 Å². The Bertz CT molecular complexity index is 1110. The molecule has 3 aromatic rings. The number of fused-ring (bicyclic) bond motifs is 1. The van der Waals surface area contributed by atoms with Gasteiger partial charge in [-0.25, -0.2) is 9.07 Å². The van der Waals surface area contributed by atoms with Crippen LogP contribution in [-0.2, 0) is 4.79 Å². The Morgan fingerprint density at radius 1 is 1.21 bits per heavy atom. The fraction of sp³-hybridized carbons (Fsp3) is 0.286. The van der Waals surface area contributed by atoms with E-state index in [0.717, 1.165) is 10.6 Å². The van der Waals surface area contributed by atoms with E-state index in [4.69, 9.17) is 0 Å². The fourth-order valence-corrected chi connectivity index (χ4v) is 4.76. The molecule has 142 valence electrons. The molecule has 7 heteroatoms. The molecule has 28 heavy (non-hydrogen) atoms. The van der Waals surface area contributed by atoms with Crippen molar-refractivity contribution >= 4 is 23.1 Å². The highest BCUT2D eigenvalue weighted by Gasteiger charge is 2.42. The first-order chi connectivity index (χ1) is 13.4. The second kappa shape index (κ2) is 6.10. The van der Waals surface area contributed by atoms with E-state index in [1.54, 1.807) is 34.2 Å². The number of nitrogens with zero attached hydrogens (tertiary/aromatic N) is 3. The maximum absolute atomic E-state index is 14.8. The highest BCUT2D eigenvalue weighted by atomic mass is 32.1. The van der Waals surface area contributed by atoms with Gasteiger partial charge in [-0.1, -0.05) is 38.1 Å². The van der Waals surface area contributed by atoms with Gasteiger partial charge in [-0.3, -0.25) is 4.79 Å². The lowest BCUT2D eigenvalue weighted by atomic mass is 9.73. The number of hydrogen-bond acceptors (Lipinski definition) is 5. The Labute approximate surface area is 165 Å². The van der Waals surface area contributed by atoms with Crippen LogP contribution in [0.2, 0.25) is 0 Å². The number of halogens is 1. The molecule has 0 saturated carbocycles. The van der Waals surface area contributed by atoms with Crippen LogP contribution in [0.1, 0.15) is 38.3 Å². The number of Topliss-reactive ketones (excluding diaryl/α,β-unsaturated/α-hetero) is 1. The number of nitrogens with one attached hydrogen (secondary N) is 1. The largest absolute Gasteiger partial charge is 0.328 e. The zero-order valence-electron chi connectivity index (χ0n) is 15.6. The summed E-state index contributed by atoms with van der Waals surface area (Å²) in [6, 6.07) is 9.86. The van der Waals surface area contributed by atoms with Crippen molar-refractivity contribution in [3.05, 3.63) is 64.4 Å². The number of thiophene rings is 1. The highest BCUT2D eigenvalue weighted by molar-refractivity contribution is 7.13. The van der Waals surface area contributed by atoms with Crippen LogP contribution in [0.4, 0.5) is 10.3 Å². The number of carbonyl (C=O) groups excluding carboxylic acids is 1. The molecule has 0 bridgehead atoms. The number of allylic oxidation sites excluding steroid dienone is 2. The summed E-state index contributed by atoms with van der Waals surface area (Å²) in [7, 11) is 0. The quantitative estimate of drug-likeness (QED) is 0.678. The van der Waals surface area contributed by atoms with Gasteiger partial charge < -0.3 is 5.32 Å². The fourth-order valence-electron chi connectivity index (χ4n) is 4.10. The van der Waals surface area contributed by atoms with E-state index >= 15 is 0 Å². The van der Waals surface area contributed by atoms with Crippen LogP contribution in [-0.4, -0.2) is 20.5 Å². The molecule has 2 aromatic heterocycles. The van der Waals surface area contributed by atoms with Gasteiger partial charge in [0, 0.05) is 23.3 Å². The summed E-state index contributed by atoms with van der Waals surface area (Å²) in [6.07, 6.45) is 1.14. The molecule has 3 heterocycles. The second-order valence-electron chi connectivity index (χ2n) is 8.06. The third-order valence-electron chi connectivity index (χ3n) is 5.27. The molecular weight excluding hydrogens is 375 g/mol. The van der Waals surface area contributed by atoms with Crippen LogP contribution in [0.15, 0.2) is 53.0 Å². The lowest BCUT2D eigenvalue weighted by Gasteiger charge is -2.38. The molecule has 0 amide bonds. The zero-order chi connectivity index (χ0) is 19.5. The van der Waals surface area contributed by atoms with Crippen LogP contribution in [0, 0.1) is 11.2 Å². The monoisotopic (exact) mass is 394 g/mol. The normalized spacial score (nSPS) is 20.5. The number of hydrogen-bond donors (Lipinski definition) is 1. The van der Waals surface area contributed by atoms with Crippen molar-refractivity contribution in [1.82, 2.24) is 14.8 Å². The van der Waals surface area contributed by atoms with Crippen LogP contribution in [0.3, 0.4) is 0 Å². The van der Waals surface area contributed by atoms with E-state index in [-0.39, 0.29) is 17.0 Å². The van der Waals surface area contributed by atoms with Crippen LogP contribution in [0.25, 0.3) is 10.7 Å². The van der Waals surface area contributed by atoms with Gasteiger partial charge in [0.25, 0.3) is 0 Å². The molecule has 5 rings (SSSR count). The maximum Gasteiger partial charge on any atom is 0.226 e. The average molecular weight is 394 g/mol. The van der Waals surface area contributed by atoms with Crippen molar-refractivity contribution in [2.45, 2.75) is 32.7 Å². The summed E-state index contributed by atoms with van der Waals surface area (Å²) in [5.74, 6) is 0.801. The van der Waals surface area contributed by atoms with Gasteiger partial charge in [0.1, 0.15) is 11.9 Å². The van der Waals surface area contributed by atoms with E-state index in [2.05, 4.69) is 29.2 Å². The number of anilines is 1. The topological polar surface area (TPSA) is 59.8 Å². The Hall–Kier alpha value is -2.80. The summed E-state index contributed by atoms with van der Waals surface area (Å²) < 4.78 is 16.4. The van der Waals surface area contributed by atoms with Crippen molar-refractivity contribution < 1.29 is 9.18 Å². The van der Waals surface area contributed by atoms with Crippen molar-refractivity contribution in [1.29, 1.82) is 0 Å². The van der Waals surface area contributed by atoms with Gasteiger partial charge >= 0.3 is 0 Å². The minimum absolute atomic E-state index is 0.0332. The summed E-state index contributed by atoms with van der Waals surface area (Å²) in [5.41, 5.74) is 1.71. The maximum atomic E-state index is 14.8. The van der Waals surface area contributed by atoms with Crippen LogP contribution in [0.5, 0.6) is 0 Å². The molecule has 5 nitrogen and oxygen atoms in total. The molecule has 1 N–H and O–H groups in total. The Morgan fingerprint density at radius 3 is 2.79 bits per heavy atom. The number of aromatic nitrogens is 3. The third-order valence-corrected chi connectivity index (χ3v) is 6.14. The number of carbonyl (C=O) groups is 1.